The molecule has 0 radical (unpaired) electrons. The number of aryl methyl sites for hydroxylation is 1. The van der Waals surface area contributed by atoms with Crippen molar-refractivity contribution in [1.29, 1.82) is 0 Å². The number of amides is 2. The second kappa shape index (κ2) is 10.8. The summed E-state index contributed by atoms with van der Waals surface area (Å²) in [4.78, 5) is 30.3. The maximum atomic E-state index is 12.9. The minimum absolute atomic E-state index is 0.183. The molecule has 2 saturated heterocycles. The molecule has 5 rings (SSSR count). The van der Waals surface area contributed by atoms with Crippen molar-refractivity contribution in [2.24, 2.45) is 7.05 Å². The third kappa shape index (κ3) is 5.50. The number of aromatic nitrogens is 2. The normalized spacial score (nSPS) is 16.0. The summed E-state index contributed by atoms with van der Waals surface area (Å²) < 4.78 is 1.42. The van der Waals surface area contributed by atoms with E-state index in [2.05, 4.69) is 36.2 Å². The summed E-state index contributed by atoms with van der Waals surface area (Å²) in [5.74, 6) is -0.681. The van der Waals surface area contributed by atoms with Gasteiger partial charge in [-0.1, -0.05) is 0 Å². The first-order chi connectivity index (χ1) is 17.6. The third-order valence-electron chi connectivity index (χ3n) is 6.56. The van der Waals surface area contributed by atoms with Crippen molar-refractivity contribution < 1.29 is 9.59 Å². The summed E-state index contributed by atoms with van der Waals surface area (Å²) in [7, 11) is 1.65. The predicted molar refractivity (Wildman–Crippen MR) is 142 cm³/mol. The van der Waals surface area contributed by atoms with E-state index in [1.807, 2.05) is 48.5 Å². The number of hydrogen-bond acceptors (Lipinski definition) is 7. The highest BCUT2D eigenvalue weighted by Gasteiger charge is 2.19. The maximum Gasteiger partial charge on any atom is 0.276 e. The predicted octanol–water partition coefficient (Wildman–Crippen LogP) is 1.74. The van der Waals surface area contributed by atoms with Crippen LogP contribution in [0.3, 0.4) is 0 Å². The zero-order valence-corrected chi connectivity index (χ0v) is 20.5. The molecule has 2 aromatic carbocycles. The molecule has 2 aliphatic heterocycles. The highest BCUT2D eigenvalue weighted by molar-refractivity contribution is 6.07. The van der Waals surface area contributed by atoms with Gasteiger partial charge in [0, 0.05) is 88.2 Å². The van der Waals surface area contributed by atoms with Gasteiger partial charge in [0.05, 0.1) is 0 Å². The zero-order chi connectivity index (χ0) is 24.9. The van der Waals surface area contributed by atoms with Crippen LogP contribution in [-0.2, 0) is 7.05 Å². The van der Waals surface area contributed by atoms with Crippen LogP contribution in [0.15, 0.2) is 54.6 Å². The molecule has 188 valence electrons. The van der Waals surface area contributed by atoms with Crippen molar-refractivity contribution in [1.82, 2.24) is 20.4 Å². The molecule has 0 unspecified atom stereocenters. The van der Waals surface area contributed by atoms with Gasteiger partial charge in [-0.25, -0.2) is 0 Å². The minimum atomic E-state index is -0.361. The quantitative estimate of drug-likeness (QED) is 0.419. The van der Waals surface area contributed by atoms with Crippen molar-refractivity contribution in [3.8, 4) is 0 Å². The number of nitrogens with one attached hydrogen (secondary N) is 4. The Kier molecular flexibility index (Phi) is 7.15. The van der Waals surface area contributed by atoms with Crippen molar-refractivity contribution in [2.75, 3.05) is 72.8 Å². The third-order valence-corrected chi connectivity index (χ3v) is 6.56. The zero-order valence-electron chi connectivity index (χ0n) is 20.5. The number of nitrogens with zero attached hydrogens (tertiary/aromatic N) is 4. The van der Waals surface area contributed by atoms with Gasteiger partial charge in [0.2, 0.25) is 0 Å². The number of rotatable bonds is 6. The monoisotopic (exact) mass is 488 g/mol. The van der Waals surface area contributed by atoms with Gasteiger partial charge in [-0.3, -0.25) is 14.3 Å². The van der Waals surface area contributed by atoms with Crippen LogP contribution in [0.1, 0.15) is 21.0 Å². The topological polar surface area (TPSA) is 107 Å². The Morgan fingerprint density at radius 2 is 1.17 bits per heavy atom. The molecule has 2 aliphatic rings. The average molecular weight is 489 g/mol. The largest absolute Gasteiger partial charge is 0.369 e. The molecule has 0 aliphatic carbocycles. The van der Waals surface area contributed by atoms with Crippen molar-refractivity contribution in [2.45, 2.75) is 0 Å². The molecule has 0 atom stereocenters. The smallest absolute Gasteiger partial charge is 0.276 e. The van der Waals surface area contributed by atoms with E-state index in [0.29, 0.717) is 17.1 Å². The van der Waals surface area contributed by atoms with Crippen molar-refractivity contribution in [3.05, 3.63) is 66.0 Å². The van der Waals surface area contributed by atoms with E-state index in [1.165, 1.54) is 10.7 Å². The number of hydrogen-bond donors (Lipinski definition) is 4. The summed E-state index contributed by atoms with van der Waals surface area (Å²) in [6.45, 7) is 7.73. The first-order valence-corrected chi connectivity index (χ1v) is 12.3. The van der Waals surface area contributed by atoms with Gasteiger partial charge in [-0.15, -0.1) is 0 Å². The van der Waals surface area contributed by atoms with Crippen molar-refractivity contribution >= 4 is 34.6 Å². The van der Waals surface area contributed by atoms with Gasteiger partial charge in [0.25, 0.3) is 11.8 Å². The Labute approximate surface area is 210 Å². The van der Waals surface area contributed by atoms with Gasteiger partial charge in [0.1, 0.15) is 5.69 Å². The van der Waals surface area contributed by atoms with E-state index < -0.39 is 0 Å². The molecule has 10 nitrogen and oxygen atoms in total. The van der Waals surface area contributed by atoms with Gasteiger partial charge in [-0.05, 0) is 48.5 Å². The van der Waals surface area contributed by atoms with Crippen LogP contribution in [0.4, 0.5) is 22.7 Å². The number of carbonyl (C=O) groups excluding carboxylic acids is 2. The van der Waals surface area contributed by atoms with Crippen LogP contribution in [0.5, 0.6) is 0 Å². The van der Waals surface area contributed by atoms with Gasteiger partial charge < -0.3 is 31.1 Å². The Morgan fingerprint density at radius 3 is 1.64 bits per heavy atom. The fraction of sp³-hybridized carbons (Fsp3) is 0.346. The molecule has 10 heteroatoms. The van der Waals surface area contributed by atoms with Crippen LogP contribution in [0.25, 0.3) is 0 Å². The van der Waals surface area contributed by atoms with Crippen LogP contribution in [-0.4, -0.2) is 74.0 Å². The molecule has 4 N–H and O–H groups in total. The number of piperazine rings is 2. The Morgan fingerprint density at radius 1 is 0.722 bits per heavy atom. The van der Waals surface area contributed by atoms with Crippen LogP contribution in [0, 0.1) is 0 Å². The van der Waals surface area contributed by atoms with Gasteiger partial charge in [0.15, 0.2) is 5.69 Å². The fourth-order valence-corrected chi connectivity index (χ4v) is 4.54. The minimum Gasteiger partial charge on any atom is -0.369 e. The molecule has 2 fully saturated rings. The Balaban J connectivity index is 1.19. The van der Waals surface area contributed by atoms with E-state index >= 15 is 0 Å². The average Bonchev–Trinajstić information content (AvgIpc) is 3.32. The molecule has 0 spiro atoms. The second-order valence-electron chi connectivity index (χ2n) is 9.01. The maximum absolute atomic E-state index is 12.9. The van der Waals surface area contributed by atoms with Gasteiger partial charge >= 0.3 is 0 Å². The second-order valence-corrected chi connectivity index (χ2v) is 9.01. The molecule has 3 heterocycles. The lowest BCUT2D eigenvalue weighted by Gasteiger charge is -2.29. The highest BCUT2D eigenvalue weighted by atomic mass is 16.2. The number of anilines is 4. The highest BCUT2D eigenvalue weighted by Crippen LogP contribution is 2.20. The first-order valence-electron chi connectivity index (χ1n) is 12.3. The molecule has 36 heavy (non-hydrogen) atoms. The van der Waals surface area contributed by atoms with E-state index in [-0.39, 0.29) is 17.5 Å². The van der Waals surface area contributed by atoms with Crippen molar-refractivity contribution in [3.63, 3.8) is 0 Å². The van der Waals surface area contributed by atoms with E-state index in [4.69, 9.17) is 0 Å². The molecule has 1 aromatic heterocycles. The fourth-order valence-electron chi connectivity index (χ4n) is 4.54. The number of carbonyl (C=O) groups is 2. The first kappa shape index (κ1) is 23.8. The lowest BCUT2D eigenvalue weighted by atomic mass is 10.2. The van der Waals surface area contributed by atoms with E-state index in [9.17, 15) is 9.59 Å². The molecular formula is C26H32N8O2. The summed E-state index contributed by atoms with van der Waals surface area (Å²) in [6, 6.07) is 17.1. The lowest BCUT2D eigenvalue weighted by Crippen LogP contribution is -2.43. The summed E-state index contributed by atoms with van der Waals surface area (Å²) >= 11 is 0. The standard InChI is InChI=1S/C26H32N8O2/c1-32-24(26(36)30-20-4-8-22(9-5-20)34-16-12-28-13-17-34)18-23(31-32)25(35)29-19-2-6-21(7-3-19)33-14-10-27-11-15-33/h2-9,18,27-28H,10-17H2,1H3,(H,29,35)(H,30,36). The summed E-state index contributed by atoms with van der Waals surface area (Å²) in [6.07, 6.45) is 0. The van der Waals surface area contributed by atoms with E-state index in [1.54, 1.807) is 7.05 Å². The summed E-state index contributed by atoms with van der Waals surface area (Å²) in [5.41, 5.74) is 4.13. The van der Waals surface area contributed by atoms with Gasteiger partial charge in [-0.2, -0.15) is 5.10 Å². The lowest BCUT2D eigenvalue weighted by molar-refractivity contribution is 0.101. The molecule has 0 bridgehead atoms. The number of benzene rings is 2. The van der Waals surface area contributed by atoms with Crippen LogP contribution in [0.2, 0.25) is 0 Å². The Bertz CT molecular complexity index is 1190. The van der Waals surface area contributed by atoms with Crippen LogP contribution < -0.4 is 31.1 Å². The molecule has 3 aromatic rings. The van der Waals surface area contributed by atoms with Crippen LogP contribution >= 0.6 is 0 Å². The Hall–Kier alpha value is -3.89. The SMILES string of the molecule is Cn1nc(C(=O)Nc2ccc(N3CCNCC3)cc2)cc1C(=O)Nc1ccc(N2CCNCC2)cc1. The van der Waals surface area contributed by atoms with E-state index in [0.717, 1.165) is 63.7 Å². The molecule has 0 saturated carbocycles. The molecular weight excluding hydrogens is 456 g/mol. The molecule has 2 amide bonds. The summed E-state index contributed by atoms with van der Waals surface area (Å²) in [5, 5.41) is 16.7.